The molecule has 0 spiro atoms. The molecule has 0 saturated carbocycles. The Balaban J connectivity index is 2.02. The van der Waals surface area contributed by atoms with Crippen LogP contribution in [0.15, 0.2) is 18.2 Å². The summed E-state index contributed by atoms with van der Waals surface area (Å²) in [5.41, 5.74) is 2.39. The maximum absolute atomic E-state index is 6.41. The van der Waals surface area contributed by atoms with Crippen LogP contribution >= 0.6 is 11.6 Å². The molecule has 1 fully saturated rings. The van der Waals surface area contributed by atoms with Crippen LogP contribution in [-0.2, 0) is 4.74 Å². The van der Waals surface area contributed by atoms with E-state index in [4.69, 9.17) is 16.3 Å². The van der Waals surface area contributed by atoms with Crippen molar-refractivity contribution < 1.29 is 4.74 Å². The summed E-state index contributed by atoms with van der Waals surface area (Å²) in [6.45, 7) is 5.18. The van der Waals surface area contributed by atoms with E-state index >= 15 is 0 Å². The molecule has 2 rings (SSSR count). The number of piperidine rings is 1. The first-order chi connectivity index (χ1) is 9.65. The number of anilines is 1. The SMILES string of the molecule is CNC(C)c1ccc(N2CCC(COC)CC2)cc1Cl. The first-order valence-corrected chi connectivity index (χ1v) is 7.74. The highest BCUT2D eigenvalue weighted by Gasteiger charge is 2.20. The van der Waals surface area contributed by atoms with E-state index in [1.54, 1.807) is 7.11 Å². The van der Waals surface area contributed by atoms with Gasteiger partial charge in [-0.15, -0.1) is 0 Å². The largest absolute Gasteiger partial charge is 0.384 e. The number of nitrogens with zero attached hydrogens (tertiary/aromatic N) is 1. The fourth-order valence-corrected chi connectivity index (χ4v) is 3.15. The third kappa shape index (κ3) is 3.66. The monoisotopic (exact) mass is 296 g/mol. The number of ether oxygens (including phenoxy) is 1. The smallest absolute Gasteiger partial charge is 0.0491 e. The molecule has 1 N–H and O–H groups in total. The fraction of sp³-hybridized carbons (Fsp3) is 0.625. The Morgan fingerprint density at radius 2 is 2.10 bits per heavy atom. The van der Waals surface area contributed by atoms with E-state index in [-0.39, 0.29) is 6.04 Å². The van der Waals surface area contributed by atoms with E-state index in [2.05, 4.69) is 35.3 Å². The fourth-order valence-electron chi connectivity index (χ4n) is 2.81. The first-order valence-electron chi connectivity index (χ1n) is 7.36. The first kappa shape index (κ1) is 15.6. The summed E-state index contributed by atoms with van der Waals surface area (Å²) in [5, 5.41) is 4.08. The molecule has 1 atom stereocenters. The molecule has 4 heteroatoms. The highest BCUT2D eigenvalue weighted by Crippen LogP contribution is 2.30. The Morgan fingerprint density at radius 1 is 1.40 bits per heavy atom. The van der Waals surface area contributed by atoms with Crippen LogP contribution in [0.1, 0.15) is 31.4 Å². The molecule has 1 aliphatic heterocycles. The van der Waals surface area contributed by atoms with Crippen molar-refractivity contribution >= 4 is 17.3 Å². The highest BCUT2D eigenvalue weighted by molar-refractivity contribution is 6.31. The second-order valence-electron chi connectivity index (χ2n) is 5.60. The molecule has 3 nitrogen and oxygen atoms in total. The summed E-state index contributed by atoms with van der Waals surface area (Å²) < 4.78 is 5.25. The summed E-state index contributed by atoms with van der Waals surface area (Å²) in [6, 6.07) is 6.71. The zero-order valence-electron chi connectivity index (χ0n) is 12.7. The molecule has 1 aromatic rings. The predicted octanol–water partition coefficient (Wildman–Crippen LogP) is 3.48. The maximum Gasteiger partial charge on any atom is 0.0491 e. The maximum atomic E-state index is 6.41. The van der Waals surface area contributed by atoms with Crippen molar-refractivity contribution in [2.45, 2.75) is 25.8 Å². The van der Waals surface area contributed by atoms with Gasteiger partial charge in [0.05, 0.1) is 0 Å². The van der Waals surface area contributed by atoms with E-state index in [0.717, 1.165) is 30.3 Å². The molecular weight excluding hydrogens is 272 g/mol. The Kier molecular flexibility index (Phi) is 5.70. The van der Waals surface area contributed by atoms with Crippen molar-refractivity contribution in [3.8, 4) is 0 Å². The molecule has 1 aromatic carbocycles. The normalized spacial score (nSPS) is 18.3. The van der Waals surface area contributed by atoms with E-state index in [1.165, 1.54) is 18.5 Å². The number of methoxy groups -OCH3 is 1. The summed E-state index contributed by atoms with van der Waals surface area (Å²) >= 11 is 6.41. The Labute approximate surface area is 127 Å². The van der Waals surface area contributed by atoms with Crippen LogP contribution < -0.4 is 10.2 Å². The van der Waals surface area contributed by atoms with Gasteiger partial charge in [-0.1, -0.05) is 17.7 Å². The van der Waals surface area contributed by atoms with Crippen molar-refractivity contribution in [1.82, 2.24) is 5.32 Å². The molecule has 0 aliphatic carbocycles. The molecule has 0 aromatic heterocycles. The standard InChI is InChI=1S/C16H25ClN2O/c1-12(18-2)15-5-4-14(10-16(15)17)19-8-6-13(7-9-19)11-20-3/h4-5,10,12-13,18H,6-9,11H2,1-3H3. The number of nitrogens with one attached hydrogen (secondary N) is 1. The number of halogens is 1. The Bertz CT molecular complexity index is 430. The molecule has 1 heterocycles. The Hall–Kier alpha value is -0.770. The van der Waals surface area contributed by atoms with Crippen molar-refractivity contribution in [3.63, 3.8) is 0 Å². The topological polar surface area (TPSA) is 24.5 Å². The van der Waals surface area contributed by atoms with Crippen molar-refractivity contribution in [1.29, 1.82) is 0 Å². The molecule has 1 aliphatic rings. The second-order valence-corrected chi connectivity index (χ2v) is 6.01. The summed E-state index contributed by atoms with van der Waals surface area (Å²) in [6.07, 6.45) is 2.39. The highest BCUT2D eigenvalue weighted by atomic mass is 35.5. The number of rotatable bonds is 5. The third-order valence-electron chi connectivity index (χ3n) is 4.27. The summed E-state index contributed by atoms with van der Waals surface area (Å²) in [4.78, 5) is 2.42. The molecule has 1 unspecified atom stereocenters. The lowest BCUT2D eigenvalue weighted by Crippen LogP contribution is -2.35. The van der Waals surface area contributed by atoms with Gasteiger partial charge in [-0.3, -0.25) is 0 Å². The van der Waals surface area contributed by atoms with Gasteiger partial charge in [0.2, 0.25) is 0 Å². The lowest BCUT2D eigenvalue weighted by atomic mass is 9.97. The number of hydrogen-bond acceptors (Lipinski definition) is 3. The van der Waals surface area contributed by atoms with Crippen LogP contribution in [-0.4, -0.2) is 33.9 Å². The lowest BCUT2D eigenvalue weighted by molar-refractivity contribution is 0.139. The second kappa shape index (κ2) is 7.30. The van der Waals surface area contributed by atoms with E-state index in [1.807, 2.05) is 7.05 Å². The minimum absolute atomic E-state index is 0.281. The summed E-state index contributed by atoms with van der Waals surface area (Å²) in [7, 11) is 3.74. The van der Waals surface area contributed by atoms with Crippen LogP contribution in [0.5, 0.6) is 0 Å². The summed E-state index contributed by atoms with van der Waals surface area (Å²) in [5.74, 6) is 0.704. The predicted molar refractivity (Wildman–Crippen MR) is 85.7 cm³/mol. The molecule has 1 saturated heterocycles. The molecule has 0 amide bonds. The number of hydrogen-bond donors (Lipinski definition) is 1. The van der Waals surface area contributed by atoms with E-state index < -0.39 is 0 Å². The minimum atomic E-state index is 0.281. The van der Waals surface area contributed by atoms with Crippen molar-refractivity contribution in [3.05, 3.63) is 28.8 Å². The van der Waals surface area contributed by atoms with Crippen molar-refractivity contribution in [2.24, 2.45) is 5.92 Å². The zero-order chi connectivity index (χ0) is 14.5. The van der Waals surface area contributed by atoms with Gasteiger partial charge in [-0.05, 0) is 50.4 Å². The minimum Gasteiger partial charge on any atom is -0.384 e. The van der Waals surface area contributed by atoms with Crippen LogP contribution in [0.3, 0.4) is 0 Å². The molecule has 0 bridgehead atoms. The van der Waals surface area contributed by atoms with Crippen molar-refractivity contribution in [2.75, 3.05) is 38.8 Å². The molecular formula is C16H25ClN2O. The van der Waals surface area contributed by atoms with Gasteiger partial charge >= 0.3 is 0 Å². The van der Waals surface area contributed by atoms with Crippen LogP contribution in [0.4, 0.5) is 5.69 Å². The van der Waals surface area contributed by atoms with Gasteiger partial charge in [0.25, 0.3) is 0 Å². The third-order valence-corrected chi connectivity index (χ3v) is 4.59. The quantitative estimate of drug-likeness (QED) is 0.900. The Morgan fingerprint density at radius 3 is 2.65 bits per heavy atom. The van der Waals surface area contributed by atoms with Gasteiger partial charge in [0, 0.05) is 43.6 Å². The average Bonchev–Trinajstić information content (AvgIpc) is 2.47. The van der Waals surface area contributed by atoms with Crippen LogP contribution in [0.2, 0.25) is 5.02 Å². The van der Waals surface area contributed by atoms with Gasteiger partial charge in [-0.2, -0.15) is 0 Å². The molecule has 20 heavy (non-hydrogen) atoms. The molecule has 0 radical (unpaired) electrons. The van der Waals surface area contributed by atoms with Gasteiger partial charge in [0.1, 0.15) is 0 Å². The molecule has 112 valence electrons. The van der Waals surface area contributed by atoms with E-state index in [9.17, 15) is 0 Å². The van der Waals surface area contributed by atoms with Gasteiger partial charge in [-0.25, -0.2) is 0 Å². The van der Waals surface area contributed by atoms with Gasteiger partial charge < -0.3 is 15.0 Å². The van der Waals surface area contributed by atoms with E-state index in [0.29, 0.717) is 5.92 Å². The average molecular weight is 297 g/mol. The van der Waals surface area contributed by atoms with Crippen LogP contribution in [0, 0.1) is 5.92 Å². The number of benzene rings is 1. The van der Waals surface area contributed by atoms with Crippen LogP contribution in [0.25, 0.3) is 0 Å². The zero-order valence-corrected chi connectivity index (χ0v) is 13.4. The lowest BCUT2D eigenvalue weighted by Gasteiger charge is -2.33. The van der Waals surface area contributed by atoms with Gasteiger partial charge in [0.15, 0.2) is 0 Å².